The van der Waals surface area contributed by atoms with Crippen LogP contribution in [0.3, 0.4) is 0 Å². The molecule has 0 aromatic heterocycles. The van der Waals surface area contributed by atoms with Gasteiger partial charge < -0.3 is 14.8 Å². The van der Waals surface area contributed by atoms with Crippen molar-refractivity contribution < 1.29 is 14.3 Å². The zero-order chi connectivity index (χ0) is 15.6. The Morgan fingerprint density at radius 1 is 0.826 bits per heavy atom. The van der Waals surface area contributed by atoms with Crippen LogP contribution in [0.5, 0.6) is 11.5 Å². The number of ether oxygens (including phenoxy) is 2. The zero-order valence-electron chi connectivity index (χ0n) is 12.4. The lowest BCUT2D eigenvalue weighted by Crippen LogP contribution is -2.17. The van der Waals surface area contributed by atoms with Crippen LogP contribution in [0.1, 0.15) is 10.4 Å². The van der Waals surface area contributed by atoms with Crippen LogP contribution < -0.4 is 14.8 Å². The van der Waals surface area contributed by atoms with Crippen molar-refractivity contribution in [2.24, 2.45) is 0 Å². The van der Waals surface area contributed by atoms with Gasteiger partial charge in [-0.1, -0.05) is 30.3 Å². The minimum absolute atomic E-state index is 0.169. The minimum Gasteiger partial charge on any atom is -0.486 e. The summed E-state index contributed by atoms with van der Waals surface area (Å²) in [4.78, 5) is 12.4. The van der Waals surface area contributed by atoms with Gasteiger partial charge in [0.25, 0.3) is 5.91 Å². The number of nitrogens with one attached hydrogen (secondary N) is 1. The van der Waals surface area contributed by atoms with Crippen molar-refractivity contribution in [3.05, 3.63) is 66.2 Å². The van der Waals surface area contributed by atoms with E-state index in [2.05, 4.69) is 5.32 Å². The molecular formula is C19H15NO3. The molecule has 3 aromatic rings. The molecule has 0 atom stereocenters. The maximum atomic E-state index is 12.4. The molecule has 114 valence electrons. The van der Waals surface area contributed by atoms with E-state index >= 15 is 0 Å². The molecule has 0 radical (unpaired) electrons. The third-order valence-electron chi connectivity index (χ3n) is 3.81. The number of benzene rings is 3. The Hall–Kier alpha value is -3.01. The van der Waals surface area contributed by atoms with Gasteiger partial charge in [-0.25, -0.2) is 0 Å². The highest BCUT2D eigenvalue weighted by Crippen LogP contribution is 2.31. The number of hydrogen-bond donors (Lipinski definition) is 1. The van der Waals surface area contributed by atoms with Gasteiger partial charge in [-0.15, -0.1) is 0 Å². The normalized spacial score (nSPS) is 12.9. The van der Waals surface area contributed by atoms with Crippen LogP contribution >= 0.6 is 0 Å². The molecule has 0 spiro atoms. The number of fused-ring (bicyclic) bond motifs is 2. The van der Waals surface area contributed by atoms with Crippen molar-refractivity contribution in [1.29, 1.82) is 0 Å². The van der Waals surface area contributed by atoms with Gasteiger partial charge in [0.1, 0.15) is 13.2 Å². The highest BCUT2D eigenvalue weighted by molar-refractivity contribution is 6.05. The second kappa shape index (κ2) is 5.65. The summed E-state index contributed by atoms with van der Waals surface area (Å²) in [7, 11) is 0. The molecule has 0 bridgehead atoms. The minimum atomic E-state index is -0.169. The van der Waals surface area contributed by atoms with Gasteiger partial charge >= 0.3 is 0 Å². The van der Waals surface area contributed by atoms with Gasteiger partial charge in [-0.05, 0) is 41.1 Å². The van der Waals surface area contributed by atoms with Crippen molar-refractivity contribution in [3.8, 4) is 11.5 Å². The van der Waals surface area contributed by atoms with Gasteiger partial charge in [0.2, 0.25) is 0 Å². The molecule has 1 aliphatic rings. The molecule has 0 unspecified atom stereocenters. The van der Waals surface area contributed by atoms with E-state index in [0.717, 1.165) is 16.5 Å². The Kier molecular flexibility index (Phi) is 3.35. The predicted octanol–water partition coefficient (Wildman–Crippen LogP) is 3.86. The number of rotatable bonds is 2. The first-order chi connectivity index (χ1) is 11.3. The average molecular weight is 305 g/mol. The Labute approximate surface area is 133 Å². The van der Waals surface area contributed by atoms with Crippen LogP contribution in [-0.2, 0) is 0 Å². The maximum absolute atomic E-state index is 12.4. The number of carbonyl (C=O) groups is 1. The first kappa shape index (κ1) is 13.6. The fourth-order valence-corrected chi connectivity index (χ4v) is 2.65. The summed E-state index contributed by atoms with van der Waals surface area (Å²) in [6.45, 7) is 1.04. The smallest absolute Gasteiger partial charge is 0.255 e. The summed E-state index contributed by atoms with van der Waals surface area (Å²) in [5.74, 6) is 1.12. The Morgan fingerprint density at radius 3 is 2.48 bits per heavy atom. The third-order valence-corrected chi connectivity index (χ3v) is 3.81. The molecule has 1 amide bonds. The molecule has 4 heteroatoms. The molecule has 3 aromatic carbocycles. The second-order valence-electron chi connectivity index (χ2n) is 5.37. The summed E-state index contributed by atoms with van der Waals surface area (Å²) in [6.07, 6.45) is 0. The quantitative estimate of drug-likeness (QED) is 0.782. The van der Waals surface area contributed by atoms with Crippen LogP contribution in [0.15, 0.2) is 60.7 Å². The lowest BCUT2D eigenvalue weighted by atomic mass is 10.1. The Bertz CT molecular complexity index is 889. The van der Waals surface area contributed by atoms with E-state index in [1.165, 1.54) is 0 Å². The van der Waals surface area contributed by atoms with E-state index in [0.29, 0.717) is 30.3 Å². The molecule has 4 nitrogen and oxygen atoms in total. The van der Waals surface area contributed by atoms with Gasteiger partial charge in [0.15, 0.2) is 11.5 Å². The van der Waals surface area contributed by atoms with E-state index < -0.39 is 0 Å². The van der Waals surface area contributed by atoms with Crippen LogP contribution in [0.25, 0.3) is 10.8 Å². The molecule has 1 N–H and O–H groups in total. The molecule has 0 saturated heterocycles. The number of hydrogen-bond acceptors (Lipinski definition) is 3. The fourth-order valence-electron chi connectivity index (χ4n) is 2.65. The van der Waals surface area contributed by atoms with Crippen molar-refractivity contribution in [2.45, 2.75) is 0 Å². The summed E-state index contributed by atoms with van der Waals surface area (Å²) in [5, 5.41) is 5.16. The largest absolute Gasteiger partial charge is 0.486 e. The van der Waals surface area contributed by atoms with Gasteiger partial charge in [0, 0.05) is 11.3 Å². The van der Waals surface area contributed by atoms with Gasteiger partial charge in [-0.3, -0.25) is 4.79 Å². The maximum Gasteiger partial charge on any atom is 0.255 e. The van der Waals surface area contributed by atoms with Gasteiger partial charge in [-0.2, -0.15) is 0 Å². The summed E-state index contributed by atoms with van der Waals surface area (Å²) < 4.78 is 11.0. The van der Waals surface area contributed by atoms with E-state index in [9.17, 15) is 4.79 Å². The number of carbonyl (C=O) groups excluding carboxylic acids is 1. The summed E-state index contributed by atoms with van der Waals surface area (Å²) >= 11 is 0. The van der Waals surface area contributed by atoms with Crippen molar-refractivity contribution in [2.75, 3.05) is 18.5 Å². The van der Waals surface area contributed by atoms with Crippen molar-refractivity contribution in [1.82, 2.24) is 0 Å². The Morgan fingerprint density at radius 2 is 1.61 bits per heavy atom. The van der Waals surface area contributed by atoms with E-state index in [1.54, 1.807) is 18.2 Å². The topological polar surface area (TPSA) is 47.6 Å². The van der Waals surface area contributed by atoms with Gasteiger partial charge in [0.05, 0.1) is 0 Å². The SMILES string of the molecule is O=C(Nc1ccc2ccccc2c1)c1ccc2c(c1)OCCO2. The van der Waals surface area contributed by atoms with Crippen molar-refractivity contribution >= 4 is 22.4 Å². The summed E-state index contributed by atoms with van der Waals surface area (Å²) in [5.41, 5.74) is 1.31. The standard InChI is InChI=1S/C19H15NO3/c21-19(15-6-8-17-18(12-15)23-10-9-22-17)20-16-7-5-13-3-1-2-4-14(13)11-16/h1-8,11-12H,9-10H2,(H,20,21). The molecule has 23 heavy (non-hydrogen) atoms. The molecular weight excluding hydrogens is 290 g/mol. The van der Waals surface area contributed by atoms with Crippen LogP contribution in [-0.4, -0.2) is 19.1 Å². The second-order valence-corrected chi connectivity index (χ2v) is 5.37. The van der Waals surface area contributed by atoms with Crippen LogP contribution in [0, 0.1) is 0 Å². The fraction of sp³-hybridized carbons (Fsp3) is 0.105. The average Bonchev–Trinajstić information content (AvgIpc) is 2.61. The molecule has 0 aliphatic carbocycles. The molecule has 4 rings (SSSR count). The first-order valence-corrected chi connectivity index (χ1v) is 7.49. The van der Waals surface area contributed by atoms with E-state index in [-0.39, 0.29) is 5.91 Å². The number of amides is 1. The van der Waals surface area contributed by atoms with E-state index in [1.807, 2.05) is 42.5 Å². The van der Waals surface area contributed by atoms with Crippen molar-refractivity contribution in [3.63, 3.8) is 0 Å². The molecule has 0 fully saturated rings. The highest BCUT2D eigenvalue weighted by atomic mass is 16.6. The summed E-state index contributed by atoms with van der Waals surface area (Å²) in [6, 6.07) is 19.1. The highest BCUT2D eigenvalue weighted by Gasteiger charge is 2.15. The molecule has 1 heterocycles. The monoisotopic (exact) mass is 305 g/mol. The lowest BCUT2D eigenvalue weighted by Gasteiger charge is -2.18. The third kappa shape index (κ3) is 2.71. The molecule has 1 aliphatic heterocycles. The van der Waals surface area contributed by atoms with Crippen LogP contribution in [0.2, 0.25) is 0 Å². The predicted molar refractivity (Wildman–Crippen MR) is 89.3 cm³/mol. The first-order valence-electron chi connectivity index (χ1n) is 7.49. The van der Waals surface area contributed by atoms with Crippen LogP contribution in [0.4, 0.5) is 5.69 Å². The zero-order valence-corrected chi connectivity index (χ0v) is 12.4. The van der Waals surface area contributed by atoms with E-state index in [4.69, 9.17) is 9.47 Å². The lowest BCUT2D eigenvalue weighted by molar-refractivity contribution is 0.102. The Balaban J connectivity index is 1.59. The number of anilines is 1. The molecule has 0 saturated carbocycles.